The molecule has 172 valence electrons. The molecule has 1 heterocycles. The second kappa shape index (κ2) is 9.58. The molecule has 1 atom stereocenters. The van der Waals surface area contributed by atoms with Crippen molar-refractivity contribution in [3.63, 3.8) is 0 Å². The van der Waals surface area contributed by atoms with Gasteiger partial charge < -0.3 is 14.7 Å². The SMILES string of the molecule is CO/N=C/c1ccc(N2C(=O)C(=O)/C(=C(\O)c3ccc(OC)cc3)C2c2ccc(F)cc2)cc1. The Morgan fingerprint density at radius 2 is 1.62 bits per heavy atom. The summed E-state index contributed by atoms with van der Waals surface area (Å²) in [4.78, 5) is 32.3. The van der Waals surface area contributed by atoms with E-state index < -0.39 is 23.5 Å². The van der Waals surface area contributed by atoms with Crippen molar-refractivity contribution in [3.8, 4) is 5.75 Å². The van der Waals surface area contributed by atoms with Crippen LogP contribution in [0, 0.1) is 5.82 Å². The smallest absolute Gasteiger partial charge is 0.300 e. The lowest BCUT2D eigenvalue weighted by Gasteiger charge is -2.25. The molecular weight excluding hydrogens is 439 g/mol. The number of rotatable bonds is 6. The Morgan fingerprint density at radius 1 is 0.971 bits per heavy atom. The molecule has 1 fully saturated rings. The lowest BCUT2D eigenvalue weighted by atomic mass is 9.95. The van der Waals surface area contributed by atoms with Crippen LogP contribution in [0.4, 0.5) is 10.1 Å². The number of hydrogen-bond acceptors (Lipinski definition) is 6. The number of halogens is 1. The van der Waals surface area contributed by atoms with Gasteiger partial charge in [0.2, 0.25) is 0 Å². The molecule has 1 aliphatic rings. The minimum atomic E-state index is -0.957. The van der Waals surface area contributed by atoms with Gasteiger partial charge in [0.05, 0.1) is 24.9 Å². The molecule has 0 aromatic heterocycles. The topological polar surface area (TPSA) is 88.4 Å². The van der Waals surface area contributed by atoms with Gasteiger partial charge in [0.25, 0.3) is 11.7 Å². The van der Waals surface area contributed by atoms with Crippen molar-refractivity contribution in [1.29, 1.82) is 0 Å². The molecule has 1 unspecified atom stereocenters. The first kappa shape index (κ1) is 22.7. The van der Waals surface area contributed by atoms with Crippen LogP contribution in [-0.2, 0) is 14.4 Å². The lowest BCUT2D eigenvalue weighted by molar-refractivity contribution is -0.132. The summed E-state index contributed by atoms with van der Waals surface area (Å²) < 4.78 is 18.8. The Hall–Kier alpha value is -4.46. The molecule has 0 bridgehead atoms. The Balaban J connectivity index is 1.85. The van der Waals surface area contributed by atoms with Crippen LogP contribution in [0.15, 0.2) is 83.5 Å². The summed E-state index contributed by atoms with van der Waals surface area (Å²) in [5.74, 6) is -1.86. The first-order chi connectivity index (χ1) is 16.4. The molecule has 3 aromatic carbocycles. The van der Waals surface area contributed by atoms with Crippen molar-refractivity contribution in [1.82, 2.24) is 0 Å². The quantitative estimate of drug-likeness (QED) is 0.193. The molecule has 8 heteroatoms. The Labute approximate surface area is 195 Å². The number of ketones is 1. The normalized spacial score (nSPS) is 17.4. The molecule has 0 radical (unpaired) electrons. The number of Topliss-reactive ketones (excluding diaryl/α,β-unsaturated/α-hetero) is 1. The van der Waals surface area contributed by atoms with Crippen molar-refractivity contribution in [2.75, 3.05) is 19.1 Å². The summed E-state index contributed by atoms with van der Waals surface area (Å²) in [6.45, 7) is 0. The number of hydrogen-bond donors (Lipinski definition) is 1. The molecule has 0 aliphatic carbocycles. The molecule has 0 saturated carbocycles. The Kier molecular flexibility index (Phi) is 6.40. The minimum absolute atomic E-state index is 0.0909. The molecule has 1 saturated heterocycles. The number of ether oxygens (including phenoxy) is 1. The van der Waals surface area contributed by atoms with Crippen molar-refractivity contribution in [2.45, 2.75) is 6.04 Å². The Morgan fingerprint density at radius 3 is 2.21 bits per heavy atom. The van der Waals surface area contributed by atoms with Crippen molar-refractivity contribution >= 4 is 29.4 Å². The molecule has 34 heavy (non-hydrogen) atoms. The van der Waals surface area contributed by atoms with Crippen molar-refractivity contribution < 1.29 is 28.7 Å². The number of oxime groups is 1. The van der Waals surface area contributed by atoms with Crippen LogP contribution in [0.25, 0.3) is 5.76 Å². The van der Waals surface area contributed by atoms with Crippen molar-refractivity contribution in [2.24, 2.45) is 5.16 Å². The second-order valence-electron chi connectivity index (χ2n) is 7.46. The second-order valence-corrected chi connectivity index (χ2v) is 7.46. The van der Waals surface area contributed by atoms with Gasteiger partial charge >= 0.3 is 0 Å². The average molecular weight is 460 g/mol. The van der Waals surface area contributed by atoms with Crippen LogP contribution >= 0.6 is 0 Å². The average Bonchev–Trinajstić information content (AvgIpc) is 3.13. The zero-order chi connectivity index (χ0) is 24.2. The molecule has 1 aliphatic heterocycles. The summed E-state index contributed by atoms with van der Waals surface area (Å²) in [6.07, 6.45) is 1.50. The van der Waals surface area contributed by atoms with E-state index in [1.54, 1.807) is 48.5 Å². The minimum Gasteiger partial charge on any atom is -0.507 e. The Bertz CT molecular complexity index is 1270. The van der Waals surface area contributed by atoms with E-state index in [0.29, 0.717) is 22.6 Å². The van der Waals surface area contributed by atoms with Crippen LogP contribution in [0.1, 0.15) is 22.7 Å². The summed E-state index contributed by atoms with van der Waals surface area (Å²) in [5.41, 5.74) is 1.88. The molecular formula is C26H21FN2O5. The summed E-state index contributed by atoms with van der Waals surface area (Å²) >= 11 is 0. The van der Waals surface area contributed by atoms with Crippen LogP contribution in [0.2, 0.25) is 0 Å². The molecule has 7 nitrogen and oxygen atoms in total. The highest BCUT2D eigenvalue weighted by Crippen LogP contribution is 2.42. The number of carbonyl (C=O) groups is 2. The molecule has 0 spiro atoms. The monoisotopic (exact) mass is 460 g/mol. The van der Waals surface area contributed by atoms with Gasteiger partial charge in [-0.3, -0.25) is 14.5 Å². The maximum Gasteiger partial charge on any atom is 0.300 e. The van der Waals surface area contributed by atoms with Crippen LogP contribution in [0.5, 0.6) is 5.75 Å². The fourth-order valence-corrected chi connectivity index (χ4v) is 3.80. The lowest BCUT2D eigenvalue weighted by Crippen LogP contribution is -2.29. The van der Waals surface area contributed by atoms with E-state index in [2.05, 4.69) is 9.99 Å². The number of amides is 1. The highest BCUT2D eigenvalue weighted by molar-refractivity contribution is 6.51. The molecule has 4 rings (SSSR count). The third-order valence-electron chi connectivity index (χ3n) is 5.47. The van der Waals surface area contributed by atoms with Crippen molar-refractivity contribution in [3.05, 3.63) is 101 Å². The summed E-state index contributed by atoms with van der Waals surface area (Å²) in [5, 5.41) is 14.8. The van der Waals surface area contributed by atoms with Crippen LogP contribution in [-0.4, -0.2) is 37.2 Å². The maximum atomic E-state index is 13.6. The highest BCUT2D eigenvalue weighted by Gasteiger charge is 2.46. The van der Waals surface area contributed by atoms with Gasteiger partial charge in [0.1, 0.15) is 24.4 Å². The fraction of sp³-hybridized carbons (Fsp3) is 0.115. The van der Waals surface area contributed by atoms with Gasteiger partial charge in [-0.15, -0.1) is 0 Å². The fourth-order valence-electron chi connectivity index (χ4n) is 3.80. The predicted octanol–water partition coefficient (Wildman–Crippen LogP) is 4.44. The van der Waals surface area contributed by atoms with E-state index in [9.17, 15) is 19.1 Å². The molecule has 1 amide bonds. The van der Waals surface area contributed by atoms with Crippen LogP contribution in [0.3, 0.4) is 0 Å². The third kappa shape index (κ3) is 4.25. The standard InChI is InChI=1S/C26H21FN2O5/c1-33-21-13-7-18(8-14-21)24(30)22-23(17-5-9-19(27)10-6-17)29(26(32)25(22)31)20-11-3-16(4-12-20)15-28-34-2/h3-15,23,30H,1-2H3/b24-22-,28-15+. The summed E-state index contributed by atoms with van der Waals surface area (Å²) in [6, 6.07) is 17.7. The third-order valence-corrected chi connectivity index (χ3v) is 5.47. The zero-order valence-electron chi connectivity index (χ0n) is 18.4. The number of anilines is 1. The number of benzene rings is 3. The van der Waals surface area contributed by atoms with Gasteiger partial charge in [0, 0.05) is 11.3 Å². The largest absolute Gasteiger partial charge is 0.507 e. The first-order valence-electron chi connectivity index (χ1n) is 10.3. The number of aliphatic hydroxyl groups excluding tert-OH is 1. The number of methoxy groups -OCH3 is 1. The van der Waals surface area contributed by atoms with Gasteiger partial charge in [-0.05, 0) is 59.7 Å². The van der Waals surface area contributed by atoms with E-state index in [4.69, 9.17) is 4.74 Å². The predicted molar refractivity (Wildman–Crippen MR) is 125 cm³/mol. The molecule has 1 N–H and O–H groups in total. The molecule has 3 aromatic rings. The first-order valence-corrected chi connectivity index (χ1v) is 10.3. The zero-order valence-corrected chi connectivity index (χ0v) is 18.4. The highest BCUT2D eigenvalue weighted by atomic mass is 19.1. The number of carbonyl (C=O) groups excluding carboxylic acids is 2. The maximum absolute atomic E-state index is 13.6. The van der Waals surface area contributed by atoms with Gasteiger partial charge in [0.15, 0.2) is 0 Å². The van der Waals surface area contributed by atoms with E-state index in [1.165, 1.54) is 49.6 Å². The van der Waals surface area contributed by atoms with Gasteiger partial charge in [-0.25, -0.2) is 4.39 Å². The van der Waals surface area contributed by atoms with Gasteiger partial charge in [-0.1, -0.05) is 29.4 Å². The van der Waals surface area contributed by atoms with E-state index in [-0.39, 0.29) is 11.3 Å². The van der Waals surface area contributed by atoms with E-state index >= 15 is 0 Å². The van der Waals surface area contributed by atoms with Gasteiger partial charge in [-0.2, -0.15) is 0 Å². The number of aliphatic hydroxyl groups is 1. The summed E-state index contributed by atoms with van der Waals surface area (Å²) in [7, 11) is 2.94. The van der Waals surface area contributed by atoms with Crippen LogP contribution < -0.4 is 9.64 Å². The van der Waals surface area contributed by atoms with E-state index in [1.807, 2.05) is 0 Å². The number of nitrogens with zero attached hydrogens (tertiary/aromatic N) is 2. The van der Waals surface area contributed by atoms with E-state index in [0.717, 1.165) is 5.56 Å².